The van der Waals surface area contributed by atoms with Gasteiger partial charge in [0, 0.05) is 24.6 Å². The number of halogens is 2. The summed E-state index contributed by atoms with van der Waals surface area (Å²) in [4.78, 5) is 9.36. The van der Waals surface area contributed by atoms with Gasteiger partial charge in [0.05, 0.1) is 11.0 Å². The zero-order valence-corrected chi connectivity index (χ0v) is 20.6. The van der Waals surface area contributed by atoms with Gasteiger partial charge in [0.25, 0.3) is 0 Å². The second-order valence-corrected chi connectivity index (χ2v) is 11.7. The number of benzene rings is 2. The standard InChI is InChI=1S/C27H28F2N2O3S/c1-3-16-14-30-27(31-15-16)25-18-4-5-19(25)11-21(10-18)34-26-23(28)12-20(13-24(26)29)17-6-8-22(9-7-17)35(2,32)33/h6-9,12-15,18-19,21,25H,3-5,10-11H2,1-2H3. The van der Waals surface area contributed by atoms with Crippen molar-refractivity contribution in [2.75, 3.05) is 6.26 Å². The van der Waals surface area contributed by atoms with Gasteiger partial charge in [0.2, 0.25) is 0 Å². The van der Waals surface area contributed by atoms with E-state index in [1.165, 1.54) is 24.3 Å². The van der Waals surface area contributed by atoms with Crippen molar-refractivity contribution in [3.63, 3.8) is 0 Å². The van der Waals surface area contributed by atoms with Crippen LogP contribution in [0.4, 0.5) is 8.78 Å². The third-order valence-corrected chi connectivity index (χ3v) is 8.51. The van der Waals surface area contributed by atoms with Crippen molar-refractivity contribution in [2.45, 2.75) is 55.9 Å². The van der Waals surface area contributed by atoms with Gasteiger partial charge in [-0.25, -0.2) is 27.2 Å². The minimum absolute atomic E-state index is 0.152. The smallest absolute Gasteiger partial charge is 0.191 e. The maximum atomic E-state index is 15.0. The Kier molecular flexibility index (Phi) is 6.34. The van der Waals surface area contributed by atoms with E-state index < -0.39 is 21.5 Å². The molecule has 184 valence electrons. The Morgan fingerprint density at radius 2 is 1.51 bits per heavy atom. The van der Waals surface area contributed by atoms with Gasteiger partial charge in [0.1, 0.15) is 5.82 Å². The normalized spacial score (nSPS) is 23.9. The van der Waals surface area contributed by atoms with Crippen molar-refractivity contribution in [2.24, 2.45) is 11.8 Å². The van der Waals surface area contributed by atoms with Crippen molar-refractivity contribution in [3.05, 3.63) is 71.8 Å². The average Bonchev–Trinajstić information content (AvgIpc) is 3.10. The second-order valence-electron chi connectivity index (χ2n) is 9.70. The van der Waals surface area contributed by atoms with Gasteiger partial charge in [-0.15, -0.1) is 0 Å². The molecule has 0 N–H and O–H groups in total. The molecule has 2 aliphatic carbocycles. The van der Waals surface area contributed by atoms with Gasteiger partial charge in [-0.1, -0.05) is 19.1 Å². The molecule has 0 saturated heterocycles. The van der Waals surface area contributed by atoms with Gasteiger partial charge in [0.15, 0.2) is 27.2 Å². The lowest BCUT2D eigenvalue weighted by molar-refractivity contribution is 0.0939. The number of hydrogen-bond donors (Lipinski definition) is 0. The van der Waals surface area contributed by atoms with E-state index >= 15 is 0 Å². The van der Waals surface area contributed by atoms with E-state index in [-0.39, 0.29) is 22.7 Å². The molecule has 1 aromatic heterocycles. The number of sulfone groups is 1. The fourth-order valence-electron chi connectivity index (χ4n) is 5.61. The Morgan fingerprint density at radius 1 is 0.943 bits per heavy atom. The maximum absolute atomic E-state index is 15.0. The third-order valence-electron chi connectivity index (χ3n) is 7.39. The molecular weight excluding hydrogens is 470 g/mol. The largest absolute Gasteiger partial charge is 0.484 e. The third kappa shape index (κ3) is 4.81. The Hall–Kier alpha value is -2.87. The quantitative estimate of drug-likeness (QED) is 0.434. The highest BCUT2D eigenvalue weighted by Crippen LogP contribution is 2.52. The second kappa shape index (κ2) is 9.30. The Bertz CT molecular complexity index is 1290. The summed E-state index contributed by atoms with van der Waals surface area (Å²) in [7, 11) is -3.35. The molecular formula is C27H28F2N2O3S. The van der Waals surface area contributed by atoms with E-state index in [9.17, 15) is 17.2 Å². The summed E-state index contributed by atoms with van der Waals surface area (Å²) in [6.45, 7) is 2.07. The number of aryl methyl sites for hydroxylation is 1. The van der Waals surface area contributed by atoms with Crippen LogP contribution in [0.2, 0.25) is 0 Å². The maximum Gasteiger partial charge on any atom is 0.191 e. The van der Waals surface area contributed by atoms with Gasteiger partial charge in [-0.2, -0.15) is 0 Å². The van der Waals surface area contributed by atoms with Crippen molar-refractivity contribution < 1.29 is 21.9 Å². The number of ether oxygens (including phenoxy) is 1. The topological polar surface area (TPSA) is 69.2 Å². The number of hydrogen-bond acceptors (Lipinski definition) is 5. The molecule has 2 bridgehead atoms. The molecule has 0 aliphatic heterocycles. The van der Waals surface area contributed by atoms with E-state index in [1.54, 1.807) is 12.1 Å². The summed E-state index contributed by atoms with van der Waals surface area (Å²) in [6, 6.07) is 8.41. The number of fused-ring (bicyclic) bond motifs is 2. The van der Waals surface area contributed by atoms with E-state index in [2.05, 4.69) is 16.9 Å². The highest BCUT2D eigenvalue weighted by atomic mass is 32.2. The van der Waals surface area contributed by atoms with Gasteiger partial charge >= 0.3 is 0 Å². The molecule has 5 nitrogen and oxygen atoms in total. The molecule has 2 saturated carbocycles. The lowest BCUT2D eigenvalue weighted by Crippen LogP contribution is -2.32. The lowest BCUT2D eigenvalue weighted by atomic mass is 9.76. The molecule has 1 heterocycles. The summed E-state index contributed by atoms with van der Waals surface area (Å²) < 4.78 is 59.1. The average molecular weight is 499 g/mol. The minimum atomic E-state index is -3.35. The molecule has 0 spiro atoms. The molecule has 2 aromatic carbocycles. The summed E-state index contributed by atoms with van der Waals surface area (Å²) in [5.74, 6) is -0.0624. The van der Waals surface area contributed by atoms with Crippen LogP contribution in [0.3, 0.4) is 0 Å². The van der Waals surface area contributed by atoms with Gasteiger partial charge in [-0.3, -0.25) is 0 Å². The minimum Gasteiger partial charge on any atom is -0.484 e. The van der Waals surface area contributed by atoms with Crippen LogP contribution >= 0.6 is 0 Å². The van der Waals surface area contributed by atoms with Crippen LogP contribution in [-0.2, 0) is 16.3 Å². The molecule has 2 unspecified atom stereocenters. The lowest BCUT2D eigenvalue weighted by Gasteiger charge is -2.34. The monoisotopic (exact) mass is 498 g/mol. The van der Waals surface area contributed by atoms with Gasteiger partial charge < -0.3 is 4.74 Å². The van der Waals surface area contributed by atoms with Crippen LogP contribution in [0.1, 0.15) is 49.9 Å². The van der Waals surface area contributed by atoms with E-state index in [0.717, 1.165) is 36.9 Å². The van der Waals surface area contributed by atoms with Crippen LogP contribution in [0, 0.1) is 23.5 Å². The summed E-state index contributed by atoms with van der Waals surface area (Å²) >= 11 is 0. The zero-order chi connectivity index (χ0) is 24.7. The van der Waals surface area contributed by atoms with E-state index in [0.29, 0.717) is 35.8 Å². The number of rotatable bonds is 6. The van der Waals surface area contributed by atoms with Crippen molar-refractivity contribution in [1.29, 1.82) is 0 Å². The van der Waals surface area contributed by atoms with E-state index in [4.69, 9.17) is 4.74 Å². The van der Waals surface area contributed by atoms with Gasteiger partial charge in [-0.05, 0) is 84.9 Å². The summed E-state index contributed by atoms with van der Waals surface area (Å²) in [6.07, 6.45) is 9.06. The van der Waals surface area contributed by atoms with Crippen molar-refractivity contribution >= 4 is 9.84 Å². The Morgan fingerprint density at radius 3 is 2.03 bits per heavy atom. The van der Waals surface area contributed by atoms with Crippen LogP contribution in [0.25, 0.3) is 11.1 Å². The first-order valence-electron chi connectivity index (χ1n) is 12.0. The fourth-order valence-corrected chi connectivity index (χ4v) is 6.24. The molecule has 5 rings (SSSR count). The molecule has 0 radical (unpaired) electrons. The first-order chi connectivity index (χ1) is 16.7. The van der Waals surface area contributed by atoms with Crippen molar-refractivity contribution in [3.8, 4) is 16.9 Å². The number of aromatic nitrogens is 2. The fraction of sp³-hybridized carbons (Fsp3) is 0.407. The SMILES string of the molecule is CCc1cnc(C2C3CCC2CC(Oc2c(F)cc(-c4ccc(S(C)(=O)=O)cc4)cc2F)C3)nc1. The Labute approximate surface area is 204 Å². The van der Waals surface area contributed by atoms with Crippen LogP contribution in [0.5, 0.6) is 5.75 Å². The molecule has 2 fully saturated rings. The molecule has 8 heteroatoms. The van der Waals surface area contributed by atoms with Crippen LogP contribution < -0.4 is 4.74 Å². The molecule has 2 aliphatic rings. The molecule has 2 atom stereocenters. The molecule has 0 amide bonds. The van der Waals surface area contributed by atoms with E-state index in [1.807, 2.05) is 12.4 Å². The highest BCUT2D eigenvalue weighted by Gasteiger charge is 2.45. The zero-order valence-electron chi connectivity index (χ0n) is 19.7. The first-order valence-corrected chi connectivity index (χ1v) is 13.9. The molecule has 35 heavy (non-hydrogen) atoms. The highest BCUT2D eigenvalue weighted by molar-refractivity contribution is 7.90. The Balaban J connectivity index is 1.31. The summed E-state index contributed by atoms with van der Waals surface area (Å²) in [5, 5.41) is 0. The van der Waals surface area contributed by atoms with Crippen LogP contribution in [-0.4, -0.2) is 30.7 Å². The molecule has 3 aromatic rings. The predicted molar refractivity (Wildman–Crippen MR) is 129 cm³/mol. The number of nitrogens with zero attached hydrogens (tertiary/aromatic N) is 2. The predicted octanol–water partition coefficient (Wildman–Crippen LogP) is 5.74. The van der Waals surface area contributed by atoms with Crippen LogP contribution in [0.15, 0.2) is 53.7 Å². The summed E-state index contributed by atoms with van der Waals surface area (Å²) in [5.41, 5.74) is 1.96. The first kappa shape index (κ1) is 23.9. The van der Waals surface area contributed by atoms with Crippen molar-refractivity contribution in [1.82, 2.24) is 9.97 Å².